The van der Waals surface area contributed by atoms with Crippen molar-refractivity contribution >= 4 is 17.2 Å². The molecule has 0 spiro atoms. The predicted octanol–water partition coefficient (Wildman–Crippen LogP) is 4.18. The molecule has 2 aromatic rings. The van der Waals surface area contributed by atoms with Gasteiger partial charge in [0.15, 0.2) is 0 Å². The number of carbonyl (C=O) groups is 1. The minimum absolute atomic E-state index is 0.0653. The van der Waals surface area contributed by atoms with E-state index in [2.05, 4.69) is 54.6 Å². The summed E-state index contributed by atoms with van der Waals surface area (Å²) < 4.78 is 0. The lowest BCUT2D eigenvalue weighted by molar-refractivity contribution is -0.124. The first kappa shape index (κ1) is 17.2. The summed E-state index contributed by atoms with van der Waals surface area (Å²) in [6.07, 6.45) is 1.05. The molecule has 1 aromatic heterocycles. The van der Waals surface area contributed by atoms with Crippen LogP contribution in [0.1, 0.15) is 48.9 Å². The van der Waals surface area contributed by atoms with Crippen LogP contribution in [0.15, 0.2) is 41.8 Å². The average molecular weight is 343 g/mol. The zero-order valence-corrected chi connectivity index (χ0v) is 15.5. The maximum Gasteiger partial charge on any atom is 0.234 e. The van der Waals surface area contributed by atoms with Gasteiger partial charge in [-0.15, -0.1) is 11.3 Å². The van der Waals surface area contributed by atoms with Crippen LogP contribution in [0.3, 0.4) is 0 Å². The normalized spacial score (nSPS) is 19.1. The van der Waals surface area contributed by atoms with Crippen LogP contribution >= 0.6 is 11.3 Å². The topological polar surface area (TPSA) is 32.3 Å². The van der Waals surface area contributed by atoms with Gasteiger partial charge in [0.1, 0.15) is 0 Å². The number of carbonyl (C=O) groups excluding carboxylic acids is 1. The van der Waals surface area contributed by atoms with E-state index in [1.807, 2.05) is 29.5 Å². The largest absolute Gasteiger partial charge is 0.348 e. The smallest absolute Gasteiger partial charge is 0.234 e. The molecule has 0 saturated heterocycles. The Hall–Kier alpha value is -1.65. The second kappa shape index (κ2) is 7.49. The SMILES string of the molecule is CC(C)C(NC(=O)CN1CCc2sccc2C1C)c1ccccc1. The molecule has 24 heavy (non-hydrogen) atoms. The van der Waals surface area contributed by atoms with Crippen molar-refractivity contribution in [2.75, 3.05) is 13.1 Å². The number of benzene rings is 1. The van der Waals surface area contributed by atoms with Gasteiger partial charge < -0.3 is 5.32 Å². The maximum absolute atomic E-state index is 12.6. The second-order valence-corrected chi connectivity index (χ2v) is 7.90. The third-order valence-corrected chi connectivity index (χ3v) is 5.89. The summed E-state index contributed by atoms with van der Waals surface area (Å²) in [6, 6.07) is 12.8. The van der Waals surface area contributed by atoms with Crippen LogP contribution < -0.4 is 5.32 Å². The van der Waals surface area contributed by atoms with Gasteiger partial charge in [-0.25, -0.2) is 0 Å². The molecule has 1 aromatic carbocycles. The highest BCUT2D eigenvalue weighted by Gasteiger charge is 2.27. The molecule has 0 fully saturated rings. The molecule has 1 aliphatic rings. The van der Waals surface area contributed by atoms with Gasteiger partial charge in [0.25, 0.3) is 0 Å². The van der Waals surface area contributed by atoms with Crippen LogP contribution in [0, 0.1) is 5.92 Å². The molecule has 2 atom stereocenters. The van der Waals surface area contributed by atoms with Crippen LogP contribution in [0.5, 0.6) is 0 Å². The van der Waals surface area contributed by atoms with Gasteiger partial charge in [0.05, 0.1) is 12.6 Å². The molecule has 2 unspecified atom stereocenters. The average Bonchev–Trinajstić information content (AvgIpc) is 3.05. The zero-order chi connectivity index (χ0) is 17.1. The first-order valence-corrected chi connectivity index (χ1v) is 9.59. The molecule has 1 N–H and O–H groups in total. The van der Waals surface area contributed by atoms with E-state index in [4.69, 9.17) is 0 Å². The van der Waals surface area contributed by atoms with E-state index in [-0.39, 0.29) is 11.9 Å². The molecule has 3 nitrogen and oxygen atoms in total. The highest BCUT2D eigenvalue weighted by Crippen LogP contribution is 2.32. The fourth-order valence-corrected chi connectivity index (χ4v) is 4.44. The van der Waals surface area contributed by atoms with Crippen molar-refractivity contribution in [1.29, 1.82) is 0 Å². The summed E-state index contributed by atoms with van der Waals surface area (Å²) in [4.78, 5) is 16.4. The van der Waals surface area contributed by atoms with E-state index in [0.29, 0.717) is 18.5 Å². The van der Waals surface area contributed by atoms with Crippen molar-refractivity contribution in [3.8, 4) is 0 Å². The van der Waals surface area contributed by atoms with E-state index in [9.17, 15) is 4.79 Å². The predicted molar refractivity (Wildman–Crippen MR) is 100 cm³/mol. The van der Waals surface area contributed by atoms with Gasteiger partial charge in [0.2, 0.25) is 5.91 Å². The summed E-state index contributed by atoms with van der Waals surface area (Å²) >= 11 is 1.83. The fourth-order valence-electron chi connectivity index (χ4n) is 3.48. The first-order valence-electron chi connectivity index (χ1n) is 8.71. The van der Waals surface area contributed by atoms with Crippen LogP contribution in [0.4, 0.5) is 0 Å². The molecular weight excluding hydrogens is 316 g/mol. The van der Waals surface area contributed by atoms with Gasteiger partial charge in [-0.1, -0.05) is 44.2 Å². The summed E-state index contributed by atoms with van der Waals surface area (Å²) in [6.45, 7) is 7.93. The Morgan fingerprint density at radius 3 is 2.75 bits per heavy atom. The van der Waals surface area contributed by atoms with Gasteiger partial charge in [-0.2, -0.15) is 0 Å². The molecule has 0 radical (unpaired) electrons. The molecule has 3 rings (SSSR count). The number of nitrogens with zero attached hydrogens (tertiary/aromatic N) is 1. The maximum atomic E-state index is 12.6. The molecule has 0 saturated carbocycles. The molecule has 1 aliphatic heterocycles. The second-order valence-electron chi connectivity index (χ2n) is 6.90. The van der Waals surface area contributed by atoms with Crippen LogP contribution in [0.25, 0.3) is 0 Å². The zero-order valence-electron chi connectivity index (χ0n) is 14.7. The molecule has 0 aliphatic carbocycles. The first-order chi connectivity index (χ1) is 11.6. The van der Waals surface area contributed by atoms with Crippen molar-refractivity contribution in [3.05, 3.63) is 57.8 Å². The molecule has 128 valence electrons. The number of fused-ring (bicyclic) bond motifs is 1. The number of hydrogen-bond donors (Lipinski definition) is 1. The quantitative estimate of drug-likeness (QED) is 0.884. The number of nitrogens with one attached hydrogen (secondary N) is 1. The summed E-state index contributed by atoms with van der Waals surface area (Å²) in [5.41, 5.74) is 2.56. The monoisotopic (exact) mass is 342 g/mol. The summed E-state index contributed by atoms with van der Waals surface area (Å²) in [5, 5.41) is 5.40. The number of rotatable bonds is 5. The minimum Gasteiger partial charge on any atom is -0.348 e. The van der Waals surface area contributed by atoms with E-state index in [0.717, 1.165) is 13.0 Å². The lowest BCUT2D eigenvalue weighted by Crippen LogP contribution is -2.43. The Balaban J connectivity index is 1.65. The Morgan fingerprint density at radius 2 is 2.04 bits per heavy atom. The van der Waals surface area contributed by atoms with Crippen molar-refractivity contribution in [3.63, 3.8) is 0 Å². The third-order valence-electron chi connectivity index (χ3n) is 4.89. The Labute approximate surface area is 148 Å². The van der Waals surface area contributed by atoms with Gasteiger partial charge >= 0.3 is 0 Å². The van der Waals surface area contributed by atoms with Crippen LogP contribution in [-0.2, 0) is 11.2 Å². The van der Waals surface area contributed by atoms with E-state index >= 15 is 0 Å². The highest BCUT2D eigenvalue weighted by atomic mass is 32.1. The summed E-state index contributed by atoms with van der Waals surface area (Å²) in [5.74, 6) is 0.474. The van der Waals surface area contributed by atoms with Crippen LogP contribution in [-0.4, -0.2) is 23.9 Å². The third kappa shape index (κ3) is 3.70. The van der Waals surface area contributed by atoms with Crippen molar-refractivity contribution in [2.24, 2.45) is 5.92 Å². The minimum atomic E-state index is 0.0653. The Kier molecular flexibility index (Phi) is 5.36. The fraction of sp³-hybridized carbons (Fsp3) is 0.450. The van der Waals surface area contributed by atoms with Gasteiger partial charge in [-0.3, -0.25) is 9.69 Å². The molecule has 0 bridgehead atoms. The van der Waals surface area contributed by atoms with Crippen molar-refractivity contribution in [1.82, 2.24) is 10.2 Å². The standard InChI is InChI=1S/C20H26N2OS/c1-14(2)20(16-7-5-4-6-8-16)21-19(23)13-22-11-9-18-17(15(22)3)10-12-24-18/h4-8,10,12,14-15,20H,9,11,13H2,1-3H3,(H,21,23). The lowest BCUT2D eigenvalue weighted by atomic mass is 9.96. The lowest BCUT2D eigenvalue weighted by Gasteiger charge is -2.33. The number of hydrogen-bond acceptors (Lipinski definition) is 3. The van der Waals surface area contributed by atoms with Gasteiger partial charge in [0, 0.05) is 17.5 Å². The Morgan fingerprint density at radius 1 is 1.29 bits per heavy atom. The van der Waals surface area contributed by atoms with Crippen LogP contribution in [0.2, 0.25) is 0 Å². The number of amides is 1. The van der Waals surface area contributed by atoms with Crippen molar-refractivity contribution in [2.45, 2.75) is 39.3 Å². The molecule has 4 heteroatoms. The van der Waals surface area contributed by atoms with Gasteiger partial charge in [-0.05, 0) is 41.8 Å². The Bertz CT molecular complexity index is 680. The highest BCUT2D eigenvalue weighted by molar-refractivity contribution is 7.10. The van der Waals surface area contributed by atoms with E-state index in [1.54, 1.807) is 0 Å². The molecular formula is C20H26N2OS. The van der Waals surface area contributed by atoms with E-state index in [1.165, 1.54) is 16.0 Å². The van der Waals surface area contributed by atoms with Crippen molar-refractivity contribution < 1.29 is 4.79 Å². The van der Waals surface area contributed by atoms with E-state index < -0.39 is 0 Å². The summed E-state index contributed by atoms with van der Waals surface area (Å²) in [7, 11) is 0. The number of thiophene rings is 1. The molecule has 1 amide bonds. The molecule has 2 heterocycles.